The molecule has 0 heterocycles. The van der Waals surface area contributed by atoms with Crippen LogP contribution in [0.1, 0.15) is 35.1 Å². The zero-order chi connectivity index (χ0) is 16.5. The smallest absolute Gasteiger partial charge is 0.307 e. The van der Waals surface area contributed by atoms with Crippen molar-refractivity contribution in [3.63, 3.8) is 0 Å². The number of carbonyl (C=O) groups excluding carboxylic acids is 1. The molecule has 4 rings (SSSR count). The first-order valence-electron chi connectivity index (χ1n) is 8.36. The fourth-order valence-corrected chi connectivity index (χ4v) is 4.25. The van der Waals surface area contributed by atoms with Gasteiger partial charge in [0.05, 0.1) is 0 Å². The van der Waals surface area contributed by atoms with E-state index in [0.29, 0.717) is 0 Å². The van der Waals surface area contributed by atoms with Crippen LogP contribution in [0.5, 0.6) is 0 Å². The molecular formula is C19H19FN2OS. The van der Waals surface area contributed by atoms with E-state index in [1.807, 2.05) is 0 Å². The number of benzene rings is 2. The first-order valence-corrected chi connectivity index (χ1v) is 9.18. The molecule has 0 saturated carbocycles. The predicted octanol–water partition coefficient (Wildman–Crippen LogP) is 4.63. The standard InChI is InChI=1S/C19H19FN2OS/c20-14-7-9-15(10-8-14)24-22-19(23)21-18-16-5-1-3-12(16)11-13-4-2-6-17(13)18/h7-11H,1-6H2,(H2,21,22,23). The average Bonchev–Trinajstić information content (AvgIpc) is 3.23. The predicted molar refractivity (Wildman–Crippen MR) is 94.9 cm³/mol. The second kappa shape index (κ2) is 6.48. The van der Waals surface area contributed by atoms with Gasteiger partial charge in [0.1, 0.15) is 5.82 Å². The van der Waals surface area contributed by atoms with Crippen LogP contribution in [0.3, 0.4) is 0 Å². The van der Waals surface area contributed by atoms with E-state index in [-0.39, 0.29) is 11.8 Å². The zero-order valence-corrected chi connectivity index (χ0v) is 14.1. The van der Waals surface area contributed by atoms with E-state index in [2.05, 4.69) is 16.1 Å². The lowest BCUT2D eigenvalue weighted by molar-refractivity contribution is 0.257. The molecule has 0 spiro atoms. The number of amides is 2. The molecule has 0 fully saturated rings. The molecule has 0 saturated heterocycles. The van der Waals surface area contributed by atoms with Crippen molar-refractivity contribution < 1.29 is 9.18 Å². The maximum atomic E-state index is 12.9. The van der Waals surface area contributed by atoms with E-state index >= 15 is 0 Å². The quantitative estimate of drug-likeness (QED) is 0.798. The monoisotopic (exact) mass is 342 g/mol. The van der Waals surface area contributed by atoms with Crippen LogP contribution >= 0.6 is 11.9 Å². The SMILES string of the molecule is O=C(NSc1ccc(F)cc1)Nc1c2c(cc3c1CCC3)CCC2. The Bertz CT molecular complexity index is 757. The summed E-state index contributed by atoms with van der Waals surface area (Å²) in [6, 6.07) is 8.20. The molecule has 2 aromatic carbocycles. The Morgan fingerprint density at radius 2 is 1.58 bits per heavy atom. The molecule has 2 aliphatic carbocycles. The minimum absolute atomic E-state index is 0.223. The van der Waals surface area contributed by atoms with Crippen molar-refractivity contribution in [2.75, 3.05) is 5.32 Å². The average molecular weight is 342 g/mol. The lowest BCUT2D eigenvalue weighted by Gasteiger charge is -2.16. The summed E-state index contributed by atoms with van der Waals surface area (Å²) in [5, 5.41) is 3.08. The van der Waals surface area contributed by atoms with Crippen molar-refractivity contribution >= 4 is 23.7 Å². The van der Waals surface area contributed by atoms with Crippen LogP contribution in [0.4, 0.5) is 14.9 Å². The number of anilines is 1. The summed E-state index contributed by atoms with van der Waals surface area (Å²) in [6.45, 7) is 0. The van der Waals surface area contributed by atoms with E-state index in [0.717, 1.165) is 36.3 Å². The first kappa shape index (κ1) is 15.5. The lowest BCUT2D eigenvalue weighted by atomic mass is 9.99. The van der Waals surface area contributed by atoms with Crippen LogP contribution in [-0.2, 0) is 25.7 Å². The molecule has 3 nitrogen and oxygen atoms in total. The molecular weight excluding hydrogens is 323 g/mol. The van der Waals surface area contributed by atoms with Gasteiger partial charge < -0.3 is 5.32 Å². The van der Waals surface area contributed by atoms with Gasteiger partial charge in [0.25, 0.3) is 0 Å². The number of halogens is 1. The van der Waals surface area contributed by atoms with Crippen molar-refractivity contribution in [2.24, 2.45) is 0 Å². The molecule has 0 aliphatic heterocycles. The van der Waals surface area contributed by atoms with Gasteiger partial charge in [-0.1, -0.05) is 6.07 Å². The molecule has 0 bridgehead atoms. The Kier molecular flexibility index (Phi) is 4.19. The van der Waals surface area contributed by atoms with Crippen molar-refractivity contribution in [3.05, 3.63) is 58.4 Å². The molecule has 2 N–H and O–H groups in total. The minimum Gasteiger partial charge on any atom is -0.307 e. The number of rotatable bonds is 3. The number of hydrogen-bond donors (Lipinski definition) is 2. The van der Waals surface area contributed by atoms with Crippen LogP contribution in [0.25, 0.3) is 0 Å². The largest absolute Gasteiger partial charge is 0.329 e. The molecule has 2 aliphatic rings. The fraction of sp³-hybridized carbons (Fsp3) is 0.316. The molecule has 5 heteroatoms. The summed E-state index contributed by atoms with van der Waals surface area (Å²) in [4.78, 5) is 13.1. The van der Waals surface area contributed by atoms with E-state index < -0.39 is 0 Å². The Morgan fingerprint density at radius 3 is 2.21 bits per heavy atom. The summed E-state index contributed by atoms with van der Waals surface area (Å²) in [6.07, 6.45) is 6.65. The summed E-state index contributed by atoms with van der Waals surface area (Å²) in [5.41, 5.74) is 6.47. The fourth-order valence-electron chi connectivity index (χ4n) is 3.71. The molecule has 2 aromatic rings. The van der Waals surface area contributed by atoms with Gasteiger partial charge in [-0.2, -0.15) is 0 Å². The minimum atomic E-state index is -0.279. The van der Waals surface area contributed by atoms with Gasteiger partial charge in [0.15, 0.2) is 0 Å². The number of nitrogens with one attached hydrogen (secondary N) is 2. The van der Waals surface area contributed by atoms with Gasteiger partial charge in [-0.15, -0.1) is 0 Å². The van der Waals surface area contributed by atoms with Crippen LogP contribution in [0.15, 0.2) is 35.2 Å². The molecule has 0 aromatic heterocycles. The maximum absolute atomic E-state index is 12.9. The lowest BCUT2D eigenvalue weighted by Crippen LogP contribution is -2.24. The summed E-state index contributed by atoms with van der Waals surface area (Å²) in [5.74, 6) is -0.279. The Balaban J connectivity index is 1.49. The van der Waals surface area contributed by atoms with Crippen molar-refractivity contribution in [2.45, 2.75) is 43.4 Å². The maximum Gasteiger partial charge on any atom is 0.329 e. The number of aryl methyl sites for hydroxylation is 2. The third-order valence-corrected chi connectivity index (χ3v) is 5.58. The number of carbonyl (C=O) groups is 1. The topological polar surface area (TPSA) is 41.1 Å². The molecule has 0 radical (unpaired) electrons. The van der Waals surface area contributed by atoms with E-state index in [1.165, 1.54) is 59.2 Å². The van der Waals surface area contributed by atoms with E-state index in [9.17, 15) is 9.18 Å². The van der Waals surface area contributed by atoms with Gasteiger partial charge in [-0.3, -0.25) is 4.72 Å². The van der Waals surface area contributed by atoms with Gasteiger partial charge in [-0.25, -0.2) is 9.18 Å². The molecule has 0 unspecified atom stereocenters. The van der Waals surface area contributed by atoms with Crippen LogP contribution in [0, 0.1) is 5.82 Å². The summed E-state index contributed by atoms with van der Waals surface area (Å²) < 4.78 is 15.7. The number of hydrogen-bond acceptors (Lipinski definition) is 2. The van der Waals surface area contributed by atoms with Gasteiger partial charge in [-0.05, 0) is 97.0 Å². The first-order chi connectivity index (χ1) is 11.7. The van der Waals surface area contributed by atoms with Crippen molar-refractivity contribution in [3.8, 4) is 0 Å². The second-order valence-corrected chi connectivity index (χ2v) is 7.23. The highest BCUT2D eigenvalue weighted by molar-refractivity contribution is 7.98. The summed E-state index contributed by atoms with van der Waals surface area (Å²) >= 11 is 1.19. The van der Waals surface area contributed by atoms with Gasteiger partial charge in [0.2, 0.25) is 0 Å². The highest BCUT2D eigenvalue weighted by Crippen LogP contribution is 2.38. The zero-order valence-electron chi connectivity index (χ0n) is 13.3. The van der Waals surface area contributed by atoms with Crippen LogP contribution < -0.4 is 10.0 Å². The molecule has 124 valence electrons. The van der Waals surface area contributed by atoms with Crippen molar-refractivity contribution in [1.82, 2.24) is 4.72 Å². The Hall–Kier alpha value is -2.01. The third kappa shape index (κ3) is 3.00. The molecule has 0 atom stereocenters. The van der Waals surface area contributed by atoms with Crippen LogP contribution in [0.2, 0.25) is 0 Å². The van der Waals surface area contributed by atoms with Gasteiger partial charge >= 0.3 is 6.03 Å². The highest BCUT2D eigenvalue weighted by atomic mass is 32.2. The van der Waals surface area contributed by atoms with E-state index in [4.69, 9.17) is 0 Å². The number of urea groups is 1. The Morgan fingerprint density at radius 1 is 0.958 bits per heavy atom. The van der Waals surface area contributed by atoms with Crippen molar-refractivity contribution in [1.29, 1.82) is 0 Å². The highest BCUT2D eigenvalue weighted by Gasteiger charge is 2.24. The van der Waals surface area contributed by atoms with Gasteiger partial charge in [0, 0.05) is 10.6 Å². The third-order valence-electron chi connectivity index (χ3n) is 4.79. The molecule has 2 amide bonds. The van der Waals surface area contributed by atoms with E-state index in [1.54, 1.807) is 12.1 Å². The molecule has 24 heavy (non-hydrogen) atoms. The Labute approximate surface area is 145 Å². The number of fused-ring (bicyclic) bond motifs is 2. The summed E-state index contributed by atoms with van der Waals surface area (Å²) in [7, 11) is 0. The normalized spacial score (nSPS) is 15.0. The second-order valence-electron chi connectivity index (χ2n) is 6.35. The van der Waals surface area contributed by atoms with Crippen LogP contribution in [-0.4, -0.2) is 6.03 Å².